The van der Waals surface area contributed by atoms with Gasteiger partial charge in [0.1, 0.15) is 0 Å². The number of hydrogen-bond donors (Lipinski definition) is 0. The number of para-hydroxylation sites is 2. The maximum absolute atomic E-state index is 5.11. The Bertz CT molecular complexity index is 2150. The van der Waals surface area contributed by atoms with E-state index < -0.39 is 0 Å². The second-order valence-electron chi connectivity index (χ2n) is 9.93. The van der Waals surface area contributed by atoms with E-state index in [2.05, 4.69) is 71.7 Å². The van der Waals surface area contributed by atoms with Crippen molar-refractivity contribution in [3.63, 3.8) is 0 Å². The van der Waals surface area contributed by atoms with Gasteiger partial charge < -0.3 is 0 Å². The Hall–Kier alpha value is -5.26. The fraction of sp³-hybridized carbons (Fsp3) is 0. The Morgan fingerprint density at radius 3 is 2.02 bits per heavy atom. The van der Waals surface area contributed by atoms with Gasteiger partial charge in [-0.2, -0.15) is 0 Å². The van der Waals surface area contributed by atoms with Gasteiger partial charge >= 0.3 is 0 Å². The van der Waals surface area contributed by atoms with Crippen molar-refractivity contribution in [1.82, 2.24) is 19.9 Å². The lowest BCUT2D eigenvalue weighted by atomic mass is 10.0. The molecule has 0 fully saturated rings. The molecule has 0 atom stereocenters. The lowest BCUT2D eigenvalue weighted by molar-refractivity contribution is 1.19. The van der Waals surface area contributed by atoms with E-state index in [9.17, 15) is 0 Å². The van der Waals surface area contributed by atoms with E-state index in [0.29, 0.717) is 0 Å². The summed E-state index contributed by atoms with van der Waals surface area (Å²) in [6, 6.07) is 43.7. The maximum atomic E-state index is 5.11. The summed E-state index contributed by atoms with van der Waals surface area (Å²) >= 11 is 1.79. The molecule has 41 heavy (non-hydrogen) atoms. The molecule has 0 unspecified atom stereocenters. The Labute approximate surface area is 240 Å². The number of aromatic nitrogens is 4. The van der Waals surface area contributed by atoms with Crippen molar-refractivity contribution < 1.29 is 0 Å². The predicted molar refractivity (Wildman–Crippen MR) is 170 cm³/mol. The fourth-order valence-electron chi connectivity index (χ4n) is 5.35. The Morgan fingerprint density at radius 2 is 1.20 bits per heavy atom. The van der Waals surface area contributed by atoms with Crippen molar-refractivity contribution in [3.8, 4) is 45.2 Å². The number of benzene rings is 5. The first-order valence-electron chi connectivity index (χ1n) is 13.5. The smallest absolute Gasteiger partial charge is 0.160 e. The molecule has 192 valence electrons. The monoisotopic (exact) mass is 542 g/mol. The number of nitrogens with zero attached hydrogens (tertiary/aromatic N) is 4. The molecule has 3 heterocycles. The normalized spacial score (nSPS) is 11.4. The SMILES string of the molecule is c1ccc(-c2cc(-c3cccc4sc5cc(-c6cnc7ccccc7n6)ccc5c34)nc(-c3ccccc3)n2)cc1. The number of rotatable bonds is 4. The van der Waals surface area contributed by atoms with Gasteiger partial charge in [-0.3, -0.25) is 4.98 Å². The fourth-order valence-corrected chi connectivity index (χ4v) is 6.52. The van der Waals surface area contributed by atoms with Gasteiger partial charge in [0, 0.05) is 42.4 Å². The molecule has 5 aromatic carbocycles. The van der Waals surface area contributed by atoms with E-state index in [-0.39, 0.29) is 0 Å². The minimum Gasteiger partial charge on any atom is -0.252 e. The van der Waals surface area contributed by atoms with Crippen molar-refractivity contribution in [2.24, 2.45) is 0 Å². The summed E-state index contributed by atoms with van der Waals surface area (Å²) in [6.45, 7) is 0. The molecule has 0 aliphatic rings. The molecule has 0 amide bonds. The highest BCUT2D eigenvalue weighted by atomic mass is 32.1. The largest absolute Gasteiger partial charge is 0.252 e. The molecule has 0 radical (unpaired) electrons. The molecule has 0 saturated carbocycles. The highest BCUT2D eigenvalue weighted by molar-refractivity contribution is 7.26. The Kier molecular flexibility index (Phi) is 5.61. The molecule has 0 aliphatic heterocycles. The van der Waals surface area contributed by atoms with Gasteiger partial charge in [-0.05, 0) is 30.3 Å². The molecule has 0 saturated heterocycles. The summed E-state index contributed by atoms with van der Waals surface area (Å²) in [5.41, 5.74) is 8.71. The highest BCUT2D eigenvalue weighted by Crippen LogP contribution is 2.41. The second-order valence-corrected chi connectivity index (χ2v) is 11.0. The van der Waals surface area contributed by atoms with Gasteiger partial charge in [-0.1, -0.05) is 97.1 Å². The Balaban J connectivity index is 1.31. The van der Waals surface area contributed by atoms with Crippen molar-refractivity contribution in [1.29, 1.82) is 0 Å². The molecule has 0 aliphatic carbocycles. The minimum absolute atomic E-state index is 0.718. The van der Waals surface area contributed by atoms with Crippen molar-refractivity contribution in [2.75, 3.05) is 0 Å². The van der Waals surface area contributed by atoms with Crippen molar-refractivity contribution in [3.05, 3.63) is 134 Å². The standard InChI is InChI=1S/C36H22N4S/c1-3-10-23(11-4-1)30-21-31(40-36(39-30)24-12-5-2-6-13-24)26-14-9-17-33-35(26)27-19-18-25(20-34(27)41-33)32-22-37-28-15-7-8-16-29(28)38-32/h1-22H. The lowest BCUT2D eigenvalue weighted by Gasteiger charge is -2.10. The zero-order valence-corrected chi connectivity index (χ0v) is 22.7. The molecule has 4 nitrogen and oxygen atoms in total. The van der Waals surface area contributed by atoms with Gasteiger partial charge in [-0.15, -0.1) is 11.3 Å². The highest BCUT2D eigenvalue weighted by Gasteiger charge is 2.16. The molecular weight excluding hydrogens is 520 g/mol. The van der Waals surface area contributed by atoms with Crippen LogP contribution in [0.3, 0.4) is 0 Å². The van der Waals surface area contributed by atoms with Crippen LogP contribution < -0.4 is 0 Å². The van der Waals surface area contributed by atoms with Crippen LogP contribution in [0.2, 0.25) is 0 Å². The average molecular weight is 543 g/mol. The van der Waals surface area contributed by atoms with Crippen LogP contribution in [0.1, 0.15) is 0 Å². The molecular formula is C36H22N4S. The Morgan fingerprint density at radius 1 is 0.463 bits per heavy atom. The van der Waals surface area contributed by atoms with Crippen molar-refractivity contribution >= 4 is 42.5 Å². The lowest BCUT2D eigenvalue weighted by Crippen LogP contribution is -1.96. The number of fused-ring (bicyclic) bond motifs is 4. The van der Waals surface area contributed by atoms with E-state index in [0.717, 1.165) is 56.2 Å². The average Bonchev–Trinajstić information content (AvgIpc) is 3.43. The number of hydrogen-bond acceptors (Lipinski definition) is 5. The van der Waals surface area contributed by atoms with Crippen molar-refractivity contribution in [2.45, 2.75) is 0 Å². The van der Waals surface area contributed by atoms with Crippen LogP contribution in [0, 0.1) is 0 Å². The summed E-state index contributed by atoms with van der Waals surface area (Å²) in [4.78, 5) is 19.6. The summed E-state index contributed by atoms with van der Waals surface area (Å²) in [7, 11) is 0. The van der Waals surface area contributed by atoms with E-state index in [1.54, 1.807) is 11.3 Å². The quantitative estimate of drug-likeness (QED) is 0.222. The molecule has 0 spiro atoms. The van der Waals surface area contributed by atoms with Crippen LogP contribution in [0.4, 0.5) is 0 Å². The van der Waals surface area contributed by atoms with Gasteiger partial charge in [0.25, 0.3) is 0 Å². The zero-order chi connectivity index (χ0) is 27.2. The summed E-state index contributed by atoms with van der Waals surface area (Å²) < 4.78 is 2.43. The van der Waals surface area contributed by atoms with Crippen LogP contribution in [-0.2, 0) is 0 Å². The third-order valence-electron chi connectivity index (χ3n) is 7.35. The van der Waals surface area contributed by atoms with Gasteiger partial charge in [-0.25, -0.2) is 15.0 Å². The maximum Gasteiger partial charge on any atom is 0.160 e. The first-order valence-corrected chi connectivity index (χ1v) is 14.3. The van der Waals surface area contributed by atoms with Gasteiger partial charge in [0.05, 0.1) is 34.3 Å². The third kappa shape index (κ3) is 4.24. The molecule has 0 N–H and O–H groups in total. The first kappa shape index (κ1) is 23.6. The van der Waals surface area contributed by atoms with E-state index in [1.807, 2.05) is 66.9 Å². The summed E-state index contributed by atoms with van der Waals surface area (Å²) in [6.07, 6.45) is 1.86. The molecule has 8 rings (SSSR count). The predicted octanol–water partition coefficient (Wildman–Crippen LogP) is 9.46. The zero-order valence-electron chi connectivity index (χ0n) is 21.9. The van der Waals surface area contributed by atoms with E-state index in [1.165, 1.54) is 20.2 Å². The van der Waals surface area contributed by atoms with E-state index in [4.69, 9.17) is 15.0 Å². The topological polar surface area (TPSA) is 51.6 Å². The molecule has 5 heteroatoms. The van der Waals surface area contributed by atoms with E-state index >= 15 is 0 Å². The summed E-state index contributed by atoms with van der Waals surface area (Å²) in [5.74, 6) is 0.718. The van der Waals surface area contributed by atoms with Gasteiger partial charge in [0.15, 0.2) is 5.82 Å². The van der Waals surface area contributed by atoms with Crippen LogP contribution in [0.15, 0.2) is 134 Å². The molecule has 8 aromatic rings. The van der Waals surface area contributed by atoms with Crippen LogP contribution >= 0.6 is 11.3 Å². The minimum atomic E-state index is 0.718. The van der Waals surface area contributed by atoms with Gasteiger partial charge in [0.2, 0.25) is 0 Å². The van der Waals surface area contributed by atoms with Crippen LogP contribution in [0.25, 0.3) is 76.4 Å². The first-order chi connectivity index (χ1) is 20.3. The third-order valence-corrected chi connectivity index (χ3v) is 8.46. The molecule has 0 bridgehead atoms. The van der Waals surface area contributed by atoms with Crippen LogP contribution in [-0.4, -0.2) is 19.9 Å². The molecule has 3 aromatic heterocycles. The number of thiophene rings is 1. The summed E-state index contributed by atoms with van der Waals surface area (Å²) in [5, 5.41) is 2.42. The van der Waals surface area contributed by atoms with Crippen LogP contribution in [0.5, 0.6) is 0 Å². The second kappa shape index (κ2) is 9.73.